The van der Waals surface area contributed by atoms with Gasteiger partial charge >= 0.3 is 12.0 Å². The first kappa shape index (κ1) is 44.6. The maximum absolute atomic E-state index is 14.5. The number of rotatable bonds is 6. The van der Waals surface area contributed by atoms with E-state index >= 15 is 0 Å². The van der Waals surface area contributed by atoms with Crippen LogP contribution in [0.3, 0.4) is 0 Å². The number of aliphatic hydroxyl groups is 2. The van der Waals surface area contributed by atoms with Gasteiger partial charge in [0.1, 0.15) is 54.2 Å². The van der Waals surface area contributed by atoms with E-state index in [1.54, 1.807) is 12.1 Å². The second-order valence-electron chi connectivity index (χ2n) is 17.0. The molecule has 336 valence electrons. The van der Waals surface area contributed by atoms with Crippen molar-refractivity contribution in [2.75, 3.05) is 56.7 Å². The van der Waals surface area contributed by atoms with E-state index in [1.165, 1.54) is 28.5 Å². The lowest BCUT2D eigenvalue weighted by molar-refractivity contribution is -0.167. The van der Waals surface area contributed by atoms with Gasteiger partial charge in [-0.1, -0.05) is 6.92 Å². The Bertz CT molecular complexity index is 2060. The van der Waals surface area contributed by atoms with Gasteiger partial charge in [0.15, 0.2) is 0 Å². The highest BCUT2D eigenvalue weighted by Gasteiger charge is 2.49. The molecule has 20 heteroatoms. The summed E-state index contributed by atoms with van der Waals surface area (Å²) in [5.74, 6) is -5.70. The minimum Gasteiger partial charge on any atom is -0.459 e. The molecule has 10 atom stereocenters. The van der Waals surface area contributed by atoms with E-state index in [4.69, 9.17) is 9.47 Å². The SMILES string of the molecule is C[C@@H]1C[C@H]2C(=O)O[C@@H](C)[C@H](NC(=O)[C@H](Cc3cc(F)cc(F)c3)NC(=O)Nc3ccc4c(c3)CCN4C)C(O)N3C[C@H](O)C[C@H]3C(=O)N3CCOC[C@H]3C(=O)N[C@@H](C)C(=O)N2C1. The average Bonchev–Trinajstić information content (AvgIpc) is 3.93. The molecule has 4 fully saturated rings. The zero-order valence-corrected chi connectivity index (χ0v) is 35.0. The third-order valence-corrected chi connectivity index (χ3v) is 12.3. The molecule has 0 aromatic heterocycles. The number of aliphatic hydroxyl groups excluding tert-OH is 2. The second kappa shape index (κ2) is 18.5. The molecule has 7 rings (SSSR count). The van der Waals surface area contributed by atoms with Crippen LogP contribution in [0.25, 0.3) is 0 Å². The highest BCUT2D eigenvalue weighted by molar-refractivity contribution is 5.96. The fraction of sp³-hybridized carbons (Fsp3) is 0.571. The molecule has 5 aliphatic rings. The minimum absolute atomic E-state index is 0.00769. The van der Waals surface area contributed by atoms with Crippen molar-refractivity contribution < 1.29 is 57.2 Å². The van der Waals surface area contributed by atoms with E-state index < -0.39 is 108 Å². The normalized spacial score (nSPS) is 30.1. The van der Waals surface area contributed by atoms with Crippen molar-refractivity contribution in [3.05, 3.63) is 59.2 Å². The van der Waals surface area contributed by atoms with Gasteiger partial charge in [-0.05, 0) is 80.5 Å². The smallest absolute Gasteiger partial charge is 0.329 e. The van der Waals surface area contributed by atoms with Crippen LogP contribution in [-0.4, -0.2) is 162 Å². The number of amides is 6. The van der Waals surface area contributed by atoms with Crippen LogP contribution in [0.5, 0.6) is 0 Å². The van der Waals surface area contributed by atoms with Gasteiger partial charge < -0.3 is 55.7 Å². The molecule has 0 bridgehead atoms. The standard InChI is InChI=1S/C42H54F2N8O10/c1-21-11-33-41(59)62-23(3)35(40(58)52-19-29(53)17-32(52)39(57)50-9-10-61-20-34(50)37(55)45-22(2)38(56)51(33)18-21)48-36(54)30(14-24-12-26(43)16-27(44)13-24)47-42(60)46-28-5-6-31-25(15-28)7-8-49(31)4/h5-6,12-13,15-16,21-23,29-30,32-35,40,53,58H,7-11,14,17-20H2,1-4H3,(H,45,55)(H,48,54)(H2,46,47,60)/t21-,22+,23+,29-,30+,32+,33+,34+,35+,40?/m1/s1. The molecular formula is C42H54F2N8O10. The van der Waals surface area contributed by atoms with E-state index in [2.05, 4.69) is 26.2 Å². The molecule has 2 aromatic carbocycles. The molecule has 4 saturated heterocycles. The maximum atomic E-state index is 14.5. The maximum Gasteiger partial charge on any atom is 0.329 e. The summed E-state index contributed by atoms with van der Waals surface area (Å²) in [6.45, 7) is 5.27. The van der Waals surface area contributed by atoms with Gasteiger partial charge in [-0.25, -0.2) is 18.4 Å². The predicted molar refractivity (Wildman–Crippen MR) is 217 cm³/mol. The van der Waals surface area contributed by atoms with Crippen molar-refractivity contribution in [1.82, 2.24) is 30.7 Å². The number of nitrogens with zero attached hydrogens (tertiary/aromatic N) is 4. The summed E-state index contributed by atoms with van der Waals surface area (Å²) in [5, 5.41) is 33.8. The number of halogens is 2. The van der Waals surface area contributed by atoms with Crippen molar-refractivity contribution in [2.45, 2.75) is 101 Å². The van der Waals surface area contributed by atoms with Crippen LogP contribution in [-0.2, 0) is 46.3 Å². The first-order valence-corrected chi connectivity index (χ1v) is 21.0. The summed E-state index contributed by atoms with van der Waals surface area (Å²) >= 11 is 0. The number of nitrogens with one attached hydrogen (secondary N) is 4. The zero-order valence-electron chi connectivity index (χ0n) is 35.0. The number of fused-ring (bicyclic) bond motifs is 4. The molecule has 5 heterocycles. The summed E-state index contributed by atoms with van der Waals surface area (Å²) < 4.78 is 40.4. The van der Waals surface area contributed by atoms with Gasteiger partial charge in [-0.2, -0.15) is 0 Å². The third-order valence-electron chi connectivity index (χ3n) is 12.3. The Morgan fingerprint density at radius 1 is 0.919 bits per heavy atom. The summed E-state index contributed by atoms with van der Waals surface area (Å²) in [6.07, 6.45) is -4.01. The molecule has 18 nitrogen and oxygen atoms in total. The van der Waals surface area contributed by atoms with Crippen LogP contribution >= 0.6 is 0 Å². The lowest BCUT2D eigenvalue weighted by atomic mass is 10.0. The number of esters is 1. The quantitative estimate of drug-likeness (QED) is 0.209. The molecule has 2 aromatic rings. The van der Waals surface area contributed by atoms with Crippen molar-refractivity contribution in [3.8, 4) is 0 Å². The Hall–Kier alpha value is -5.44. The van der Waals surface area contributed by atoms with Crippen LogP contribution in [0, 0.1) is 17.6 Å². The van der Waals surface area contributed by atoms with E-state index in [0.29, 0.717) is 11.8 Å². The predicted octanol–water partition coefficient (Wildman–Crippen LogP) is -0.157. The Balaban J connectivity index is 1.21. The van der Waals surface area contributed by atoms with E-state index in [9.17, 15) is 47.8 Å². The monoisotopic (exact) mass is 868 g/mol. The third kappa shape index (κ3) is 9.62. The molecule has 6 N–H and O–H groups in total. The van der Waals surface area contributed by atoms with Gasteiger partial charge in [0.25, 0.3) is 0 Å². The van der Waals surface area contributed by atoms with Gasteiger partial charge in [0.05, 0.1) is 25.4 Å². The molecule has 62 heavy (non-hydrogen) atoms. The Morgan fingerprint density at radius 3 is 2.40 bits per heavy atom. The zero-order chi connectivity index (χ0) is 44.6. The number of hydrogen-bond donors (Lipinski definition) is 6. The molecule has 5 aliphatic heterocycles. The number of urea groups is 1. The van der Waals surface area contributed by atoms with Crippen LogP contribution < -0.4 is 26.2 Å². The number of ether oxygens (including phenoxy) is 2. The molecule has 6 amide bonds. The first-order chi connectivity index (χ1) is 29.5. The average molecular weight is 869 g/mol. The highest BCUT2D eigenvalue weighted by Crippen LogP contribution is 2.31. The molecule has 0 aliphatic carbocycles. The second-order valence-corrected chi connectivity index (χ2v) is 17.0. The van der Waals surface area contributed by atoms with Crippen molar-refractivity contribution in [3.63, 3.8) is 0 Å². The van der Waals surface area contributed by atoms with Crippen LogP contribution in [0.2, 0.25) is 0 Å². The van der Waals surface area contributed by atoms with Crippen molar-refractivity contribution in [2.24, 2.45) is 5.92 Å². The lowest BCUT2D eigenvalue weighted by Gasteiger charge is -2.41. The van der Waals surface area contributed by atoms with Crippen molar-refractivity contribution in [1.29, 1.82) is 0 Å². The molecule has 0 radical (unpaired) electrons. The van der Waals surface area contributed by atoms with E-state index in [0.717, 1.165) is 36.3 Å². The molecule has 0 spiro atoms. The Kier molecular flexibility index (Phi) is 13.3. The summed E-state index contributed by atoms with van der Waals surface area (Å²) in [4.78, 5) is 89.8. The minimum atomic E-state index is -1.85. The topological polar surface area (TPSA) is 222 Å². The number of cyclic esters (lactones) is 1. The van der Waals surface area contributed by atoms with Crippen LogP contribution in [0.1, 0.15) is 44.7 Å². The molecular weight excluding hydrogens is 815 g/mol. The number of carbonyl (C=O) groups is 6. The number of hydrogen-bond acceptors (Lipinski definition) is 12. The highest BCUT2D eigenvalue weighted by atomic mass is 19.1. The molecule has 0 saturated carbocycles. The van der Waals surface area contributed by atoms with E-state index in [1.807, 2.05) is 20.0 Å². The van der Waals surface area contributed by atoms with Gasteiger partial charge in [-0.3, -0.25) is 24.1 Å². The van der Waals surface area contributed by atoms with Crippen molar-refractivity contribution >= 4 is 47.0 Å². The Morgan fingerprint density at radius 2 is 1.66 bits per heavy atom. The van der Waals surface area contributed by atoms with Crippen LogP contribution in [0.4, 0.5) is 25.0 Å². The summed E-state index contributed by atoms with van der Waals surface area (Å²) in [5.41, 5.74) is 2.43. The van der Waals surface area contributed by atoms with Crippen LogP contribution in [0.15, 0.2) is 36.4 Å². The van der Waals surface area contributed by atoms with Gasteiger partial charge in [-0.15, -0.1) is 0 Å². The number of anilines is 2. The fourth-order valence-corrected chi connectivity index (χ4v) is 9.17. The van der Waals surface area contributed by atoms with Gasteiger partial charge in [0.2, 0.25) is 23.6 Å². The van der Waals surface area contributed by atoms with E-state index in [-0.39, 0.29) is 57.2 Å². The van der Waals surface area contributed by atoms with Gasteiger partial charge in [0, 0.05) is 57.1 Å². The summed E-state index contributed by atoms with van der Waals surface area (Å²) in [6, 6.07) is -0.575. The molecule has 1 unspecified atom stereocenters. The number of benzene rings is 2. The summed E-state index contributed by atoms with van der Waals surface area (Å²) in [7, 11) is 1.95. The first-order valence-electron chi connectivity index (χ1n) is 21.0. The number of morpholine rings is 1. The largest absolute Gasteiger partial charge is 0.459 e. The number of likely N-dealkylation sites (N-methyl/N-ethyl adjacent to an activating group) is 1. The Labute approximate surface area is 357 Å². The lowest BCUT2D eigenvalue weighted by Crippen LogP contribution is -2.65. The number of carbonyl (C=O) groups excluding carboxylic acids is 6. The fourth-order valence-electron chi connectivity index (χ4n) is 9.17.